The van der Waals surface area contributed by atoms with Crippen molar-refractivity contribution in [2.24, 2.45) is 4.99 Å². The SMILES string of the molecule is CCCCCc1ccc(OCCN=C2c3ccsc3NCN2C)c(C)c1.Cl. The molecule has 0 aliphatic carbocycles. The highest BCUT2D eigenvalue weighted by atomic mass is 35.5. The monoisotopic (exact) mass is 407 g/mol. The Hall–Kier alpha value is -1.72. The van der Waals surface area contributed by atoms with Crippen molar-refractivity contribution in [1.29, 1.82) is 0 Å². The number of unbranched alkanes of at least 4 members (excludes halogenated alkanes) is 2. The highest BCUT2D eigenvalue weighted by molar-refractivity contribution is 7.14. The molecule has 0 saturated heterocycles. The Kier molecular flexibility index (Phi) is 8.45. The minimum Gasteiger partial charge on any atom is -0.491 e. The Labute approximate surface area is 173 Å². The molecule has 0 amide bonds. The molecule has 0 radical (unpaired) electrons. The third-order valence-corrected chi connectivity index (χ3v) is 5.54. The van der Waals surface area contributed by atoms with Crippen molar-refractivity contribution in [2.45, 2.75) is 39.5 Å². The highest BCUT2D eigenvalue weighted by Gasteiger charge is 2.19. The Morgan fingerprint density at radius 1 is 1.26 bits per heavy atom. The first kappa shape index (κ1) is 21.6. The molecule has 2 aromatic rings. The molecule has 0 bridgehead atoms. The average molecular weight is 408 g/mol. The van der Waals surface area contributed by atoms with Crippen molar-refractivity contribution in [3.8, 4) is 5.75 Å². The summed E-state index contributed by atoms with van der Waals surface area (Å²) in [4.78, 5) is 6.92. The molecule has 1 aromatic carbocycles. The van der Waals surface area contributed by atoms with Gasteiger partial charge in [-0.1, -0.05) is 31.9 Å². The van der Waals surface area contributed by atoms with Gasteiger partial charge in [0.25, 0.3) is 0 Å². The number of aliphatic imine (C=N–C) groups is 1. The predicted octanol–water partition coefficient (Wildman–Crippen LogP) is 5.35. The lowest BCUT2D eigenvalue weighted by Gasteiger charge is -2.27. The minimum atomic E-state index is 0. The van der Waals surface area contributed by atoms with E-state index in [4.69, 9.17) is 9.73 Å². The summed E-state index contributed by atoms with van der Waals surface area (Å²) in [6.45, 7) is 6.42. The van der Waals surface area contributed by atoms with Gasteiger partial charge in [0.1, 0.15) is 23.2 Å². The van der Waals surface area contributed by atoms with E-state index in [0.717, 1.165) is 24.7 Å². The predicted molar refractivity (Wildman–Crippen MR) is 119 cm³/mol. The molecule has 27 heavy (non-hydrogen) atoms. The number of nitrogens with one attached hydrogen (secondary N) is 1. The highest BCUT2D eigenvalue weighted by Crippen LogP contribution is 2.27. The van der Waals surface area contributed by atoms with Crippen LogP contribution in [0.15, 0.2) is 34.6 Å². The van der Waals surface area contributed by atoms with Gasteiger partial charge < -0.3 is 15.0 Å². The molecule has 1 aliphatic rings. The van der Waals surface area contributed by atoms with E-state index in [-0.39, 0.29) is 12.4 Å². The Balaban J connectivity index is 0.00000261. The molecule has 0 saturated carbocycles. The molecule has 1 aliphatic heterocycles. The zero-order valence-electron chi connectivity index (χ0n) is 16.5. The zero-order valence-corrected chi connectivity index (χ0v) is 18.1. The fourth-order valence-corrected chi connectivity index (χ4v) is 3.99. The summed E-state index contributed by atoms with van der Waals surface area (Å²) in [5.74, 6) is 2.02. The largest absolute Gasteiger partial charge is 0.491 e. The van der Waals surface area contributed by atoms with Gasteiger partial charge in [-0.3, -0.25) is 4.99 Å². The maximum atomic E-state index is 5.97. The second-order valence-corrected chi connectivity index (χ2v) is 7.72. The molecule has 0 spiro atoms. The van der Waals surface area contributed by atoms with E-state index in [0.29, 0.717) is 13.2 Å². The summed E-state index contributed by atoms with van der Waals surface area (Å²) in [7, 11) is 2.06. The van der Waals surface area contributed by atoms with Gasteiger partial charge in [0.15, 0.2) is 0 Å². The van der Waals surface area contributed by atoms with Gasteiger partial charge in [0.2, 0.25) is 0 Å². The van der Waals surface area contributed by atoms with Gasteiger partial charge >= 0.3 is 0 Å². The molecule has 3 rings (SSSR count). The first-order valence-electron chi connectivity index (χ1n) is 9.48. The molecular formula is C21H30ClN3OS. The lowest BCUT2D eigenvalue weighted by Crippen LogP contribution is -2.37. The van der Waals surface area contributed by atoms with Crippen molar-refractivity contribution in [3.05, 3.63) is 46.3 Å². The van der Waals surface area contributed by atoms with Crippen molar-refractivity contribution >= 4 is 34.6 Å². The lowest BCUT2D eigenvalue weighted by atomic mass is 10.0. The average Bonchev–Trinajstić information content (AvgIpc) is 3.10. The normalized spacial score (nSPS) is 14.5. The van der Waals surface area contributed by atoms with Gasteiger partial charge in [-0.15, -0.1) is 23.7 Å². The van der Waals surface area contributed by atoms with E-state index in [1.54, 1.807) is 11.3 Å². The summed E-state index contributed by atoms with van der Waals surface area (Å²) in [5.41, 5.74) is 3.81. The van der Waals surface area contributed by atoms with Crippen LogP contribution in [-0.2, 0) is 6.42 Å². The van der Waals surface area contributed by atoms with Gasteiger partial charge in [-0.05, 0) is 48.4 Å². The molecule has 4 nitrogen and oxygen atoms in total. The fourth-order valence-electron chi connectivity index (χ4n) is 3.21. The molecule has 0 atom stereocenters. The Bertz CT molecular complexity index is 760. The van der Waals surface area contributed by atoms with Crippen LogP contribution in [0.3, 0.4) is 0 Å². The van der Waals surface area contributed by atoms with Crippen LogP contribution in [0, 0.1) is 6.92 Å². The summed E-state index contributed by atoms with van der Waals surface area (Å²) in [6.07, 6.45) is 4.99. The number of hydrogen-bond donors (Lipinski definition) is 1. The number of hydrogen-bond acceptors (Lipinski definition) is 4. The minimum absolute atomic E-state index is 0. The molecule has 1 N–H and O–H groups in total. The number of anilines is 1. The summed E-state index contributed by atoms with van der Waals surface area (Å²) < 4.78 is 5.97. The van der Waals surface area contributed by atoms with E-state index in [1.165, 1.54) is 41.0 Å². The van der Waals surface area contributed by atoms with Crippen LogP contribution >= 0.6 is 23.7 Å². The molecule has 6 heteroatoms. The second-order valence-electron chi connectivity index (χ2n) is 6.81. The van der Waals surface area contributed by atoms with E-state index in [2.05, 4.69) is 60.8 Å². The third-order valence-electron chi connectivity index (χ3n) is 4.66. The van der Waals surface area contributed by atoms with E-state index >= 15 is 0 Å². The number of fused-ring (bicyclic) bond motifs is 1. The van der Waals surface area contributed by atoms with Crippen molar-refractivity contribution < 1.29 is 4.74 Å². The van der Waals surface area contributed by atoms with E-state index < -0.39 is 0 Å². The van der Waals surface area contributed by atoms with Crippen LogP contribution in [0.25, 0.3) is 0 Å². The van der Waals surface area contributed by atoms with Crippen molar-refractivity contribution in [1.82, 2.24) is 4.90 Å². The third kappa shape index (κ3) is 5.63. The number of aryl methyl sites for hydroxylation is 2. The number of halogens is 1. The quantitative estimate of drug-likeness (QED) is 0.599. The fraction of sp³-hybridized carbons (Fsp3) is 0.476. The standard InChI is InChI=1S/C21H29N3OS.ClH/c1-4-5-6-7-17-8-9-19(16(2)14-17)25-12-11-22-20-18-10-13-26-21(18)23-15-24(20)3;/h8-10,13-14,23H,4-7,11-12,15H2,1-3H3;1H. The van der Waals surface area contributed by atoms with Crippen molar-refractivity contribution in [2.75, 3.05) is 32.2 Å². The summed E-state index contributed by atoms with van der Waals surface area (Å²) >= 11 is 1.73. The van der Waals surface area contributed by atoms with Crippen LogP contribution in [0.1, 0.15) is 42.9 Å². The molecule has 2 heterocycles. The number of thiophene rings is 1. The van der Waals surface area contributed by atoms with Crippen molar-refractivity contribution in [3.63, 3.8) is 0 Å². The molecule has 148 valence electrons. The topological polar surface area (TPSA) is 36.9 Å². The summed E-state index contributed by atoms with van der Waals surface area (Å²) in [6, 6.07) is 8.69. The summed E-state index contributed by atoms with van der Waals surface area (Å²) in [5, 5.41) is 6.71. The Morgan fingerprint density at radius 2 is 2.11 bits per heavy atom. The van der Waals surface area contributed by atoms with Crippen LogP contribution in [0.4, 0.5) is 5.00 Å². The first-order chi connectivity index (χ1) is 12.7. The van der Waals surface area contributed by atoms with Gasteiger partial charge in [0, 0.05) is 7.05 Å². The van der Waals surface area contributed by atoms with E-state index in [9.17, 15) is 0 Å². The number of benzene rings is 1. The molecule has 0 fully saturated rings. The maximum Gasteiger partial charge on any atom is 0.135 e. The first-order valence-corrected chi connectivity index (χ1v) is 10.4. The molecular weight excluding hydrogens is 378 g/mol. The second kappa shape index (κ2) is 10.6. The number of nitrogens with zero attached hydrogens (tertiary/aromatic N) is 2. The van der Waals surface area contributed by atoms with Crippen LogP contribution in [0.2, 0.25) is 0 Å². The van der Waals surface area contributed by atoms with Crippen LogP contribution in [0.5, 0.6) is 5.75 Å². The number of amidine groups is 1. The van der Waals surface area contributed by atoms with Gasteiger partial charge in [-0.25, -0.2) is 0 Å². The smallest absolute Gasteiger partial charge is 0.135 e. The van der Waals surface area contributed by atoms with Crippen LogP contribution in [-0.4, -0.2) is 37.6 Å². The zero-order chi connectivity index (χ0) is 18.4. The molecule has 1 aromatic heterocycles. The number of ether oxygens (including phenoxy) is 1. The molecule has 0 unspecified atom stereocenters. The Morgan fingerprint density at radius 3 is 2.89 bits per heavy atom. The van der Waals surface area contributed by atoms with Gasteiger partial charge in [0.05, 0.1) is 18.8 Å². The van der Waals surface area contributed by atoms with Crippen LogP contribution < -0.4 is 10.1 Å². The maximum absolute atomic E-state index is 5.97. The van der Waals surface area contributed by atoms with Gasteiger partial charge in [-0.2, -0.15) is 0 Å². The number of rotatable bonds is 8. The lowest BCUT2D eigenvalue weighted by molar-refractivity contribution is 0.325. The van der Waals surface area contributed by atoms with E-state index in [1.807, 2.05) is 0 Å².